The maximum absolute atomic E-state index is 14.9. The molecule has 3 saturated carbocycles. The van der Waals surface area contributed by atoms with Gasteiger partial charge in [-0.25, -0.2) is 13.2 Å². The monoisotopic (exact) mass is 874 g/mol. The van der Waals surface area contributed by atoms with Gasteiger partial charge in [0.1, 0.15) is 23.7 Å². The van der Waals surface area contributed by atoms with E-state index in [0.29, 0.717) is 51.4 Å². The van der Waals surface area contributed by atoms with Crippen LogP contribution < -0.4 is 21.3 Å². The molecule has 5 atom stereocenters. The van der Waals surface area contributed by atoms with Crippen LogP contribution in [0.5, 0.6) is 0 Å². The van der Waals surface area contributed by atoms with Crippen molar-refractivity contribution in [1.29, 1.82) is 0 Å². The molecule has 61 heavy (non-hydrogen) atoms. The first-order chi connectivity index (χ1) is 28.4. The van der Waals surface area contributed by atoms with Crippen LogP contribution in [0, 0.1) is 28.6 Å². The quantitative estimate of drug-likeness (QED) is 0.0988. The first kappa shape index (κ1) is 49.9. The van der Waals surface area contributed by atoms with E-state index in [0.717, 1.165) is 38.5 Å². The summed E-state index contributed by atoms with van der Waals surface area (Å²) in [6, 6.07) is -4.40. The lowest BCUT2D eigenvalue weighted by Gasteiger charge is -2.43. The molecule has 14 nitrogen and oxygen atoms in total. The van der Waals surface area contributed by atoms with Crippen molar-refractivity contribution in [3.8, 4) is 0 Å². The van der Waals surface area contributed by atoms with Crippen LogP contribution in [0.4, 0.5) is 4.79 Å². The van der Waals surface area contributed by atoms with Gasteiger partial charge in [0, 0.05) is 18.5 Å². The summed E-state index contributed by atoms with van der Waals surface area (Å²) >= 11 is 0. The molecular formula is C46H75N5O9S. The number of rotatable bonds is 18. The van der Waals surface area contributed by atoms with Gasteiger partial charge in [0.05, 0.1) is 16.5 Å². The number of likely N-dealkylation sites (tertiary alicyclic amines) is 1. The second-order valence-corrected chi connectivity index (χ2v) is 23.4. The Labute approximate surface area is 364 Å². The zero-order chi connectivity index (χ0) is 45.6. The fraction of sp³-hybridized carbons (Fsp3) is 0.783. The minimum atomic E-state index is -3.68. The molecule has 4 N–H and O–H groups in total. The molecule has 0 spiro atoms. The van der Waals surface area contributed by atoms with Gasteiger partial charge in [-0.1, -0.05) is 85.3 Å². The third-order valence-corrected chi connectivity index (χ3v) is 16.3. The molecule has 0 radical (unpaired) electrons. The topological polar surface area (TPSA) is 197 Å². The number of sulfone groups is 1. The highest BCUT2D eigenvalue weighted by atomic mass is 32.2. The molecule has 0 aromatic rings. The summed E-state index contributed by atoms with van der Waals surface area (Å²) < 4.78 is 32.1. The first-order valence-electron chi connectivity index (χ1n) is 22.6. The van der Waals surface area contributed by atoms with E-state index in [1.54, 1.807) is 26.8 Å². The molecule has 1 aliphatic heterocycles. The van der Waals surface area contributed by atoms with Crippen LogP contribution in [0.15, 0.2) is 25.3 Å². The van der Waals surface area contributed by atoms with Gasteiger partial charge in [-0.05, 0) is 95.3 Å². The zero-order valence-corrected chi connectivity index (χ0v) is 39.0. The molecule has 344 valence electrons. The summed E-state index contributed by atoms with van der Waals surface area (Å²) in [7, 11) is -3.68. The van der Waals surface area contributed by atoms with E-state index >= 15 is 0 Å². The molecular weight excluding hydrogens is 799 g/mol. The Kier molecular flexibility index (Phi) is 16.5. The van der Waals surface area contributed by atoms with Crippen molar-refractivity contribution in [2.75, 3.05) is 18.8 Å². The van der Waals surface area contributed by atoms with Crippen LogP contribution in [0.1, 0.15) is 145 Å². The van der Waals surface area contributed by atoms with Gasteiger partial charge in [-0.2, -0.15) is 0 Å². The summed E-state index contributed by atoms with van der Waals surface area (Å²) in [6.45, 7) is 22.3. The van der Waals surface area contributed by atoms with Crippen molar-refractivity contribution < 1.29 is 41.9 Å². The number of amides is 5. The summed E-state index contributed by atoms with van der Waals surface area (Å²) in [5.41, 5.74) is -3.02. The lowest BCUT2D eigenvalue weighted by Crippen LogP contribution is -2.64. The molecule has 0 aromatic heterocycles. The van der Waals surface area contributed by atoms with Gasteiger partial charge in [0.15, 0.2) is 9.84 Å². The van der Waals surface area contributed by atoms with Crippen LogP contribution in [0.2, 0.25) is 0 Å². The largest absolute Gasteiger partial charge is 0.442 e. The van der Waals surface area contributed by atoms with Gasteiger partial charge in [-0.15, -0.1) is 13.2 Å². The van der Waals surface area contributed by atoms with E-state index in [1.807, 2.05) is 34.6 Å². The van der Waals surface area contributed by atoms with Crippen LogP contribution in [-0.4, -0.2) is 102 Å². The Bertz CT molecular complexity index is 1750. The normalized spacial score (nSPS) is 23.1. The van der Waals surface area contributed by atoms with Gasteiger partial charge in [-0.3, -0.25) is 24.0 Å². The molecule has 4 fully saturated rings. The number of nitrogens with zero attached hydrogens (tertiary/aromatic N) is 1. The Hall–Kier alpha value is -3.75. The number of carbonyl (C=O) groups is 6. The van der Waals surface area contributed by atoms with Crippen LogP contribution in [-0.2, 0) is 38.5 Å². The number of ketones is 1. The van der Waals surface area contributed by atoms with Crippen LogP contribution in [0.25, 0.3) is 0 Å². The predicted molar refractivity (Wildman–Crippen MR) is 236 cm³/mol. The average molecular weight is 874 g/mol. The highest BCUT2D eigenvalue weighted by molar-refractivity contribution is 7.92. The summed E-state index contributed by atoms with van der Waals surface area (Å²) in [5, 5.41) is 11.2. The van der Waals surface area contributed by atoms with Crippen molar-refractivity contribution in [3.05, 3.63) is 25.3 Å². The average Bonchev–Trinajstić information content (AvgIpc) is 3.89. The van der Waals surface area contributed by atoms with Crippen molar-refractivity contribution in [2.45, 2.75) is 180 Å². The lowest BCUT2D eigenvalue weighted by atomic mass is 9.68. The van der Waals surface area contributed by atoms with Gasteiger partial charge in [0.2, 0.25) is 23.5 Å². The Morgan fingerprint density at radius 2 is 1.43 bits per heavy atom. The van der Waals surface area contributed by atoms with Gasteiger partial charge in [0.25, 0.3) is 5.91 Å². The summed E-state index contributed by atoms with van der Waals surface area (Å²) in [5.74, 6) is -3.61. The second-order valence-electron chi connectivity index (χ2n) is 20.7. The lowest BCUT2D eigenvalue weighted by molar-refractivity contribution is -0.146. The van der Waals surface area contributed by atoms with E-state index in [1.165, 1.54) is 11.0 Å². The first-order valence-corrected chi connectivity index (χ1v) is 24.3. The Morgan fingerprint density at radius 3 is 1.93 bits per heavy atom. The molecule has 4 aliphatic rings. The smallest absolute Gasteiger partial charge is 0.408 e. The number of hydrogen-bond acceptors (Lipinski definition) is 9. The maximum Gasteiger partial charge on any atom is 0.408 e. The van der Waals surface area contributed by atoms with Crippen LogP contribution >= 0.6 is 0 Å². The van der Waals surface area contributed by atoms with Crippen molar-refractivity contribution in [1.82, 2.24) is 26.2 Å². The SMILES string of the molecule is C=CCNC(=O)C(=O)C(CC1CC1)NC(=O)[C@@H]1[C@@H](C(C)C)CCN1C(=O)[C@@H](NC(=O)[C@@H](NC(=O)OC1(CS(=O)(=O)C(C)(C)C)CCCCC1)C1(C=C)CCCCC1)C(C)(C)C. The number of nitrogens with one attached hydrogen (secondary N) is 4. The fourth-order valence-corrected chi connectivity index (χ4v) is 10.9. The Morgan fingerprint density at radius 1 is 0.836 bits per heavy atom. The minimum Gasteiger partial charge on any atom is -0.442 e. The molecule has 15 heteroatoms. The van der Waals surface area contributed by atoms with Gasteiger partial charge >= 0.3 is 6.09 Å². The highest BCUT2D eigenvalue weighted by Crippen LogP contribution is 2.42. The second kappa shape index (κ2) is 20.2. The van der Waals surface area contributed by atoms with Crippen molar-refractivity contribution in [2.24, 2.45) is 28.6 Å². The van der Waals surface area contributed by atoms with Crippen molar-refractivity contribution in [3.63, 3.8) is 0 Å². The fourth-order valence-electron chi connectivity index (χ4n) is 9.39. The zero-order valence-electron chi connectivity index (χ0n) is 38.2. The Balaban J connectivity index is 1.64. The van der Waals surface area contributed by atoms with E-state index in [9.17, 15) is 37.2 Å². The van der Waals surface area contributed by atoms with E-state index in [4.69, 9.17) is 4.74 Å². The van der Waals surface area contributed by atoms with Gasteiger partial charge < -0.3 is 30.9 Å². The highest BCUT2D eigenvalue weighted by Gasteiger charge is 2.51. The minimum absolute atomic E-state index is 0.0195. The van der Waals surface area contributed by atoms with E-state index < -0.39 is 90.7 Å². The molecule has 1 saturated heterocycles. The molecule has 3 aliphatic carbocycles. The van der Waals surface area contributed by atoms with E-state index in [-0.39, 0.29) is 36.6 Å². The molecule has 1 heterocycles. The molecule has 4 rings (SSSR count). The number of Topliss-reactive ketones (excluding diaryl/α,β-unsaturated/α-hetero) is 1. The third-order valence-electron chi connectivity index (χ3n) is 13.5. The van der Waals surface area contributed by atoms with E-state index in [2.05, 4.69) is 34.4 Å². The molecule has 0 aromatic carbocycles. The number of ether oxygens (including phenoxy) is 1. The van der Waals surface area contributed by atoms with Crippen molar-refractivity contribution >= 4 is 45.3 Å². The molecule has 5 amide bonds. The molecule has 1 unspecified atom stereocenters. The maximum atomic E-state index is 14.9. The summed E-state index contributed by atoms with van der Waals surface area (Å²) in [4.78, 5) is 85.8. The standard InChI is InChI=1S/C46H75N5O9S/c1-11-26-47-39(54)35(52)33(28-31-19-20-31)48-38(53)34-32(30(3)4)21-27-51(34)41(56)37(43(5,6)7)49-40(55)36(45(12-2)22-15-13-16-23-45)50-42(57)60-46(24-17-14-18-25-46)29-61(58,59)44(8,9)10/h11-12,30-34,36-37H,1-2,13-29H2,3-10H3,(H,47,54)(H,48,53)(H,49,55)(H,50,57)/t32-,33?,34+,36-,37-/m1/s1. The summed E-state index contributed by atoms with van der Waals surface area (Å²) in [6.07, 6.45) is 11.5. The number of carbonyl (C=O) groups excluding carboxylic acids is 6. The van der Waals surface area contributed by atoms with Crippen LogP contribution in [0.3, 0.4) is 0 Å². The third kappa shape index (κ3) is 12.5. The predicted octanol–water partition coefficient (Wildman–Crippen LogP) is 5.69. The number of hydrogen-bond donors (Lipinski definition) is 4. The molecule has 0 bridgehead atoms. The number of alkyl carbamates (subject to hydrolysis) is 1.